The van der Waals surface area contributed by atoms with Gasteiger partial charge >= 0.3 is 0 Å². The monoisotopic (exact) mass is 336 g/mol. The van der Waals surface area contributed by atoms with Crippen LogP contribution in [0, 0.1) is 3.14 Å². The van der Waals surface area contributed by atoms with Gasteiger partial charge in [-0.3, -0.25) is 4.79 Å². The number of aliphatic hydroxyl groups is 1. The second kappa shape index (κ2) is 5.10. The molecule has 0 atom stereocenters. The number of H-pyrrole nitrogens is 1. The molecule has 3 rings (SSSR count). The van der Waals surface area contributed by atoms with Crippen LogP contribution < -0.4 is 5.56 Å². The van der Waals surface area contributed by atoms with Gasteiger partial charge in [-0.2, -0.15) is 0 Å². The van der Waals surface area contributed by atoms with E-state index in [1.807, 2.05) is 18.2 Å². The van der Waals surface area contributed by atoms with E-state index in [1.165, 1.54) is 22.7 Å². The van der Waals surface area contributed by atoms with Gasteiger partial charge in [-0.25, -0.2) is 4.98 Å². The molecular weight excluding hydrogens is 324 g/mol. The lowest BCUT2D eigenvalue weighted by Gasteiger charge is -2.16. The third-order valence-electron chi connectivity index (χ3n) is 2.95. The number of nitrogens with one attached hydrogen (secondary N) is 1. The Bertz CT molecular complexity index is 932. The summed E-state index contributed by atoms with van der Waals surface area (Å²) < 4.78 is 0.663. The van der Waals surface area contributed by atoms with Crippen LogP contribution in [0.15, 0.2) is 29.1 Å². The lowest BCUT2D eigenvalue weighted by atomic mass is 10.1. The van der Waals surface area contributed by atoms with E-state index in [4.69, 9.17) is 12.2 Å². The molecule has 21 heavy (non-hydrogen) atoms. The summed E-state index contributed by atoms with van der Waals surface area (Å²) in [7, 11) is 0. The van der Waals surface area contributed by atoms with Crippen LogP contribution in [-0.4, -0.2) is 15.1 Å². The highest BCUT2D eigenvalue weighted by atomic mass is 32.2. The van der Waals surface area contributed by atoms with Crippen LogP contribution in [0.25, 0.3) is 21.6 Å². The van der Waals surface area contributed by atoms with Crippen LogP contribution in [0.5, 0.6) is 0 Å². The predicted molar refractivity (Wildman–Crippen MR) is 89.6 cm³/mol. The number of benzene rings is 1. The first-order valence-electron chi connectivity index (χ1n) is 6.22. The molecule has 0 aliphatic carbocycles. The van der Waals surface area contributed by atoms with Crippen LogP contribution in [0.2, 0.25) is 0 Å². The van der Waals surface area contributed by atoms with Gasteiger partial charge in [-0.05, 0) is 26.0 Å². The van der Waals surface area contributed by atoms with Crippen molar-refractivity contribution in [3.8, 4) is 10.6 Å². The smallest absolute Gasteiger partial charge is 0.275 e. The number of hydrogen-bond acceptors (Lipinski definition) is 6. The average molecular weight is 336 g/mol. The molecule has 0 unspecified atom stereocenters. The summed E-state index contributed by atoms with van der Waals surface area (Å²) >= 11 is 7.84. The summed E-state index contributed by atoms with van der Waals surface area (Å²) in [5.74, 6) is 0. The van der Waals surface area contributed by atoms with E-state index in [2.05, 4.69) is 9.97 Å². The van der Waals surface area contributed by atoms with Crippen molar-refractivity contribution in [2.24, 2.45) is 0 Å². The van der Waals surface area contributed by atoms with Crippen molar-refractivity contribution in [2.45, 2.75) is 19.4 Å². The van der Waals surface area contributed by atoms with Gasteiger partial charge < -0.3 is 10.1 Å². The number of para-hydroxylation sites is 2. The minimum Gasteiger partial charge on any atom is -0.385 e. The first kappa shape index (κ1) is 14.5. The van der Waals surface area contributed by atoms with E-state index in [9.17, 15) is 9.90 Å². The average Bonchev–Trinajstić information content (AvgIpc) is 2.80. The SMILES string of the molecule is CC(C)(O)c1sc(=S)sc1-c1nc2ccccc2[nH]c1=O. The van der Waals surface area contributed by atoms with Gasteiger partial charge in [0, 0.05) is 0 Å². The largest absolute Gasteiger partial charge is 0.385 e. The number of aromatic amines is 1. The Kier molecular flexibility index (Phi) is 3.53. The summed E-state index contributed by atoms with van der Waals surface area (Å²) in [5.41, 5.74) is 0.368. The summed E-state index contributed by atoms with van der Waals surface area (Å²) in [6.07, 6.45) is 0. The number of aromatic nitrogens is 2. The normalized spacial score (nSPS) is 12.0. The van der Waals surface area contributed by atoms with E-state index < -0.39 is 5.60 Å². The Labute approximate surface area is 133 Å². The molecule has 7 heteroatoms. The number of rotatable bonds is 2. The summed E-state index contributed by atoms with van der Waals surface area (Å²) in [6.45, 7) is 3.36. The van der Waals surface area contributed by atoms with Crippen LogP contribution in [0.1, 0.15) is 18.7 Å². The lowest BCUT2D eigenvalue weighted by molar-refractivity contribution is 0.0832. The predicted octanol–water partition coefficient (Wildman–Crippen LogP) is 3.67. The molecule has 0 amide bonds. The van der Waals surface area contributed by atoms with Crippen LogP contribution in [0.4, 0.5) is 0 Å². The van der Waals surface area contributed by atoms with E-state index in [1.54, 1.807) is 19.9 Å². The van der Waals surface area contributed by atoms with Crippen molar-refractivity contribution >= 4 is 45.9 Å². The Balaban J connectivity index is 2.33. The molecule has 0 spiro atoms. The maximum absolute atomic E-state index is 12.3. The molecule has 108 valence electrons. The fraction of sp³-hybridized carbons (Fsp3) is 0.214. The Morgan fingerprint density at radius 2 is 2.00 bits per heavy atom. The molecule has 0 bridgehead atoms. The van der Waals surface area contributed by atoms with Gasteiger partial charge in [0.25, 0.3) is 5.56 Å². The van der Waals surface area contributed by atoms with Crippen LogP contribution in [-0.2, 0) is 5.60 Å². The fourth-order valence-electron chi connectivity index (χ4n) is 2.02. The third-order valence-corrected chi connectivity index (χ3v) is 5.92. The highest BCUT2D eigenvalue weighted by Crippen LogP contribution is 2.39. The first-order valence-corrected chi connectivity index (χ1v) is 8.26. The molecule has 3 aromatic rings. The second-order valence-electron chi connectivity index (χ2n) is 5.10. The molecule has 0 aliphatic heterocycles. The molecule has 0 saturated carbocycles. The molecule has 1 aromatic carbocycles. The maximum Gasteiger partial charge on any atom is 0.275 e. The maximum atomic E-state index is 12.3. The minimum atomic E-state index is -1.06. The van der Waals surface area contributed by atoms with Crippen molar-refractivity contribution < 1.29 is 5.11 Å². The van der Waals surface area contributed by atoms with Gasteiger partial charge in [-0.15, -0.1) is 22.7 Å². The number of fused-ring (bicyclic) bond motifs is 1. The quantitative estimate of drug-likeness (QED) is 0.701. The van der Waals surface area contributed by atoms with Crippen molar-refractivity contribution in [1.29, 1.82) is 0 Å². The third kappa shape index (κ3) is 2.69. The number of hydrogen-bond donors (Lipinski definition) is 2. The van der Waals surface area contributed by atoms with E-state index in [0.29, 0.717) is 29.6 Å². The summed E-state index contributed by atoms with van der Waals surface area (Å²) in [6, 6.07) is 7.35. The van der Waals surface area contributed by atoms with Crippen LogP contribution >= 0.6 is 34.9 Å². The van der Waals surface area contributed by atoms with E-state index in [0.717, 1.165) is 0 Å². The van der Waals surface area contributed by atoms with Gasteiger partial charge in [0.2, 0.25) is 0 Å². The number of nitrogens with zero attached hydrogens (tertiary/aromatic N) is 1. The Hall–Kier alpha value is -1.41. The minimum absolute atomic E-state index is 0.275. The zero-order valence-electron chi connectivity index (χ0n) is 11.3. The molecular formula is C14H12N2O2S3. The Morgan fingerprint density at radius 3 is 2.71 bits per heavy atom. The standard InChI is InChI=1S/C14H12N2O2S3/c1-14(2,18)11-10(20-13(19)21-11)9-12(17)16-8-6-4-3-5-7(8)15-9/h3-6,18H,1-2H3,(H,16,17). The lowest BCUT2D eigenvalue weighted by Crippen LogP contribution is -2.17. The van der Waals surface area contributed by atoms with Crippen molar-refractivity contribution in [2.75, 3.05) is 0 Å². The zero-order chi connectivity index (χ0) is 15.2. The van der Waals surface area contributed by atoms with Gasteiger partial charge in [0.05, 0.1) is 26.4 Å². The van der Waals surface area contributed by atoms with Crippen LogP contribution in [0.3, 0.4) is 0 Å². The molecule has 0 aliphatic rings. The van der Waals surface area contributed by atoms with E-state index in [-0.39, 0.29) is 5.56 Å². The Morgan fingerprint density at radius 1 is 1.29 bits per heavy atom. The first-order chi connectivity index (χ1) is 9.86. The van der Waals surface area contributed by atoms with Crippen molar-refractivity contribution in [3.63, 3.8) is 0 Å². The topological polar surface area (TPSA) is 66.0 Å². The van der Waals surface area contributed by atoms with Gasteiger partial charge in [0.15, 0.2) is 0 Å². The molecule has 0 radical (unpaired) electrons. The molecule has 0 saturated heterocycles. The second-order valence-corrected chi connectivity index (χ2v) is 8.33. The molecule has 0 fully saturated rings. The van der Waals surface area contributed by atoms with Crippen molar-refractivity contribution in [1.82, 2.24) is 9.97 Å². The van der Waals surface area contributed by atoms with Gasteiger partial charge in [0.1, 0.15) is 8.83 Å². The van der Waals surface area contributed by atoms with Crippen molar-refractivity contribution in [3.05, 3.63) is 42.6 Å². The fourth-order valence-corrected chi connectivity index (χ4v) is 4.79. The summed E-state index contributed by atoms with van der Waals surface area (Å²) in [5, 5.41) is 10.3. The van der Waals surface area contributed by atoms with Gasteiger partial charge in [-0.1, -0.05) is 24.4 Å². The molecule has 2 N–H and O–H groups in total. The zero-order valence-corrected chi connectivity index (χ0v) is 13.8. The molecule has 4 nitrogen and oxygen atoms in total. The molecule has 2 heterocycles. The molecule has 2 aromatic heterocycles. The van der Waals surface area contributed by atoms with E-state index >= 15 is 0 Å². The summed E-state index contributed by atoms with van der Waals surface area (Å²) in [4.78, 5) is 20.9. The highest BCUT2D eigenvalue weighted by Gasteiger charge is 2.26. The highest BCUT2D eigenvalue weighted by molar-refractivity contribution is 7.76.